The van der Waals surface area contributed by atoms with Gasteiger partial charge in [-0.1, -0.05) is 0 Å². The van der Waals surface area contributed by atoms with Gasteiger partial charge >= 0.3 is 33.0 Å². The molecule has 0 atom stereocenters. The molecule has 0 aliphatic carbocycles. The molecule has 2 N–H and O–H groups in total. The van der Waals surface area contributed by atoms with E-state index in [9.17, 15) is 35.3 Å². The molecule has 104 valence electrons. The third-order valence-corrected chi connectivity index (χ3v) is 1.21. The molecule has 0 amide bonds. The Kier molecular flexibility index (Phi) is 3.75. The Bertz CT molecular complexity index is 444. The Morgan fingerprint density at radius 1 is 1.06 bits per heavy atom. The predicted octanol–water partition coefficient (Wildman–Crippen LogP) is 3.82. The summed E-state index contributed by atoms with van der Waals surface area (Å²) in [6.07, 6.45) is 0. The number of non-ortho nitro benzene ring substituents is 1. The zero-order valence-electron chi connectivity index (χ0n) is 8.31. The zero-order valence-corrected chi connectivity index (χ0v) is 9.21. The molecule has 0 unspecified atom stereocenters. The van der Waals surface area contributed by atoms with Crippen molar-refractivity contribution in [2.75, 3.05) is 0 Å². The molecule has 0 fully saturated rings. The van der Waals surface area contributed by atoms with Crippen LogP contribution in [0, 0.1) is 10.1 Å². The fraction of sp³-hybridized carbons (Fsp3) is 0. The Morgan fingerprint density at radius 2 is 1.39 bits per heavy atom. The maximum absolute atomic E-state index is 10.7. The number of rotatable bonds is 2. The van der Waals surface area contributed by atoms with Gasteiger partial charge in [0.1, 0.15) is 5.69 Å². The molecular formula is C6H6F6N3O2P. The van der Waals surface area contributed by atoms with Gasteiger partial charge in [-0.25, -0.2) is 0 Å². The molecule has 5 nitrogen and oxygen atoms in total. The van der Waals surface area contributed by atoms with Gasteiger partial charge in [-0.3, -0.25) is 10.1 Å². The van der Waals surface area contributed by atoms with Crippen LogP contribution in [0.15, 0.2) is 29.4 Å². The molecule has 0 aliphatic rings. The third-order valence-electron chi connectivity index (χ3n) is 1.21. The van der Waals surface area contributed by atoms with Crippen molar-refractivity contribution in [2.24, 2.45) is 5.11 Å². The van der Waals surface area contributed by atoms with Crippen LogP contribution in [-0.2, 0) is 0 Å². The number of benzene rings is 1. The molecule has 0 saturated carbocycles. The first-order chi connectivity index (χ1) is 7.69. The Balaban J connectivity index is 0.000000360. The van der Waals surface area contributed by atoms with E-state index in [1.807, 2.05) is 0 Å². The third kappa shape index (κ3) is 12.3. The summed E-state index contributed by atoms with van der Waals surface area (Å²) in [5.74, 6) is 0. The van der Waals surface area contributed by atoms with Gasteiger partial charge in [0.25, 0.3) is 5.69 Å². The van der Waals surface area contributed by atoms with Gasteiger partial charge in [-0.05, 0) is 17.2 Å². The fourth-order valence-corrected chi connectivity index (χ4v) is 0.660. The SMILES string of the molecule is F[P-](F)(F)(F)(F)F.[NH2+]=Nc1ccc([N+](=O)[O-])cc1. The van der Waals surface area contributed by atoms with Crippen molar-refractivity contribution >= 4 is 19.2 Å². The minimum absolute atomic E-state index is 0.0393. The molecular weight excluding hydrogens is 291 g/mol. The van der Waals surface area contributed by atoms with E-state index in [0.29, 0.717) is 5.69 Å². The van der Waals surface area contributed by atoms with Crippen LogP contribution in [-0.4, -0.2) is 4.92 Å². The van der Waals surface area contributed by atoms with Gasteiger partial charge in [-0.15, -0.1) is 0 Å². The topological polar surface area (TPSA) is 81.1 Å². The van der Waals surface area contributed by atoms with Crippen molar-refractivity contribution < 1.29 is 35.6 Å². The monoisotopic (exact) mass is 297 g/mol. The zero-order chi connectivity index (χ0) is 14.7. The van der Waals surface area contributed by atoms with Gasteiger partial charge in [-0.2, -0.15) is 5.53 Å². The molecule has 1 rings (SSSR count). The molecule has 12 heteroatoms. The molecule has 0 aromatic heterocycles. The van der Waals surface area contributed by atoms with E-state index in [2.05, 4.69) is 5.11 Å². The largest absolute Gasteiger partial charge is 0.269 e. The van der Waals surface area contributed by atoms with Gasteiger partial charge in [0.2, 0.25) is 0 Å². The van der Waals surface area contributed by atoms with Crippen LogP contribution in [0.4, 0.5) is 36.6 Å². The molecule has 18 heavy (non-hydrogen) atoms. The Labute approximate surface area is 95.3 Å². The first-order valence-electron chi connectivity index (χ1n) is 3.91. The smallest absolute Gasteiger partial charge is 0.258 e. The van der Waals surface area contributed by atoms with E-state index in [1.165, 1.54) is 24.3 Å². The molecule has 0 spiro atoms. The van der Waals surface area contributed by atoms with Crippen molar-refractivity contribution in [2.45, 2.75) is 0 Å². The van der Waals surface area contributed by atoms with E-state index in [1.54, 1.807) is 0 Å². The van der Waals surface area contributed by atoms with E-state index in [-0.39, 0.29) is 5.69 Å². The minimum atomic E-state index is -10.7. The standard InChI is InChI=1S/C6H5N3O2.F6P/c7-8-5-1-3-6(4-2-5)9(10)11;1-7(2,3,4,5)6/h1-4,7H;/q;-1/p+1. The van der Waals surface area contributed by atoms with Crippen molar-refractivity contribution in [1.82, 2.24) is 0 Å². The first kappa shape index (κ1) is 16.2. The summed E-state index contributed by atoms with van der Waals surface area (Å²) in [4.78, 5) is 9.67. The second-order valence-corrected chi connectivity index (χ2v) is 4.78. The number of nitro groups is 1. The number of halogens is 6. The molecule has 0 bridgehead atoms. The number of nitrogens with two attached hydrogens (primary N) is 1. The molecule has 1 aromatic carbocycles. The molecule has 1 aromatic rings. The minimum Gasteiger partial charge on any atom is -0.258 e. The summed E-state index contributed by atoms with van der Waals surface area (Å²) in [6.45, 7) is 0. The average Bonchev–Trinajstić information content (AvgIpc) is 2.13. The van der Waals surface area contributed by atoms with E-state index in [0.717, 1.165) is 0 Å². The van der Waals surface area contributed by atoms with Crippen molar-refractivity contribution in [3.8, 4) is 0 Å². The number of nitrogens with zero attached hydrogens (tertiary/aromatic N) is 2. The quantitative estimate of drug-likeness (QED) is 0.296. The second kappa shape index (κ2) is 4.16. The van der Waals surface area contributed by atoms with Gasteiger partial charge in [0.05, 0.1) is 4.92 Å². The van der Waals surface area contributed by atoms with Crippen LogP contribution in [0.5, 0.6) is 0 Å². The Hall–Kier alpha value is -1.77. The van der Waals surface area contributed by atoms with Crippen LogP contribution < -0.4 is 5.53 Å². The van der Waals surface area contributed by atoms with E-state index in [4.69, 9.17) is 5.53 Å². The van der Waals surface area contributed by atoms with Crippen LogP contribution in [0.3, 0.4) is 0 Å². The Morgan fingerprint density at radius 3 is 1.61 bits per heavy atom. The first-order valence-corrected chi connectivity index (χ1v) is 5.93. The summed E-state index contributed by atoms with van der Waals surface area (Å²) in [5.41, 5.74) is 5.49. The number of hydrogen-bond donors (Lipinski definition) is 1. The van der Waals surface area contributed by atoms with Crippen LogP contribution in [0.25, 0.3) is 0 Å². The second-order valence-electron chi connectivity index (χ2n) is 2.86. The van der Waals surface area contributed by atoms with Gasteiger partial charge in [0, 0.05) is 12.1 Å². The maximum atomic E-state index is 10.1. The summed E-state index contributed by atoms with van der Waals surface area (Å²) >= 11 is 0. The summed E-state index contributed by atoms with van der Waals surface area (Å²) in [6, 6.07) is 5.67. The van der Waals surface area contributed by atoms with Crippen molar-refractivity contribution in [1.29, 1.82) is 0 Å². The normalized spacial score (nSPS) is 14.6. The van der Waals surface area contributed by atoms with Crippen LogP contribution >= 0.6 is 7.81 Å². The van der Waals surface area contributed by atoms with E-state index < -0.39 is 12.7 Å². The molecule has 0 saturated heterocycles. The van der Waals surface area contributed by atoms with Gasteiger partial charge in [0.15, 0.2) is 0 Å². The molecule has 0 aliphatic heterocycles. The molecule has 0 heterocycles. The van der Waals surface area contributed by atoms with Crippen molar-refractivity contribution in [3.05, 3.63) is 34.4 Å². The van der Waals surface area contributed by atoms with Crippen LogP contribution in [0.1, 0.15) is 0 Å². The fourth-order valence-electron chi connectivity index (χ4n) is 0.660. The predicted molar refractivity (Wildman–Crippen MR) is 50.7 cm³/mol. The summed E-state index contributed by atoms with van der Waals surface area (Å²) in [5, 5.41) is 13.5. The van der Waals surface area contributed by atoms with Crippen molar-refractivity contribution in [3.63, 3.8) is 0 Å². The van der Waals surface area contributed by atoms with Crippen LogP contribution in [0.2, 0.25) is 0 Å². The summed E-state index contributed by atoms with van der Waals surface area (Å²) < 4.78 is 59.2. The number of hydrogen-bond acceptors (Lipinski definition) is 3. The average molecular weight is 297 g/mol. The number of nitro benzene ring substituents is 1. The van der Waals surface area contributed by atoms with E-state index >= 15 is 0 Å². The van der Waals surface area contributed by atoms with Gasteiger partial charge < -0.3 is 0 Å². The maximum Gasteiger partial charge on any atom is 0.269 e. The molecule has 0 radical (unpaired) electrons. The summed E-state index contributed by atoms with van der Waals surface area (Å²) in [7, 11) is -10.7.